The van der Waals surface area contributed by atoms with Gasteiger partial charge in [-0.05, 0) is 55.5 Å². The van der Waals surface area contributed by atoms with Crippen molar-refractivity contribution in [3.63, 3.8) is 0 Å². The monoisotopic (exact) mass is 273 g/mol. The summed E-state index contributed by atoms with van der Waals surface area (Å²) in [6.45, 7) is 2.25. The van der Waals surface area contributed by atoms with Crippen LogP contribution in [0, 0.1) is 0 Å². The van der Waals surface area contributed by atoms with Crippen molar-refractivity contribution < 1.29 is 0 Å². The molecule has 0 radical (unpaired) electrons. The van der Waals surface area contributed by atoms with Crippen LogP contribution in [-0.4, -0.2) is 18.8 Å². The second-order valence-electron chi connectivity index (χ2n) is 5.04. The van der Waals surface area contributed by atoms with Gasteiger partial charge in [-0.2, -0.15) is 0 Å². The van der Waals surface area contributed by atoms with Crippen LogP contribution < -0.4 is 5.32 Å². The first kappa shape index (κ1) is 14.4. The minimum Gasteiger partial charge on any atom is -0.317 e. The van der Waals surface area contributed by atoms with Gasteiger partial charge in [0.2, 0.25) is 0 Å². The van der Waals surface area contributed by atoms with Crippen LogP contribution in [0.15, 0.2) is 47.4 Å². The lowest BCUT2D eigenvalue weighted by Gasteiger charge is -2.09. The van der Waals surface area contributed by atoms with Crippen LogP contribution in [-0.2, 0) is 0 Å². The van der Waals surface area contributed by atoms with Crippen LogP contribution in [0.5, 0.6) is 0 Å². The molecule has 0 spiro atoms. The number of rotatable bonds is 7. The van der Waals surface area contributed by atoms with Gasteiger partial charge in [0.05, 0.1) is 0 Å². The largest absolute Gasteiger partial charge is 0.317 e. The van der Waals surface area contributed by atoms with Crippen molar-refractivity contribution in [3.05, 3.63) is 42.5 Å². The SMILES string of the molecule is CNC(C)CCCCSc1ccc2ccccc2c1. The smallest absolute Gasteiger partial charge is 0.00783 e. The van der Waals surface area contributed by atoms with Gasteiger partial charge < -0.3 is 5.32 Å². The molecule has 1 N–H and O–H groups in total. The van der Waals surface area contributed by atoms with Gasteiger partial charge in [0.25, 0.3) is 0 Å². The molecule has 0 bridgehead atoms. The molecule has 0 aliphatic heterocycles. The van der Waals surface area contributed by atoms with E-state index in [2.05, 4.69) is 54.7 Å². The Morgan fingerprint density at radius 1 is 1.05 bits per heavy atom. The summed E-state index contributed by atoms with van der Waals surface area (Å²) in [6.07, 6.45) is 3.88. The molecule has 0 heterocycles. The molecular formula is C17H23NS. The highest BCUT2D eigenvalue weighted by molar-refractivity contribution is 7.99. The van der Waals surface area contributed by atoms with Crippen LogP contribution >= 0.6 is 11.8 Å². The van der Waals surface area contributed by atoms with Crippen molar-refractivity contribution in [2.45, 2.75) is 37.1 Å². The van der Waals surface area contributed by atoms with Gasteiger partial charge >= 0.3 is 0 Å². The van der Waals surface area contributed by atoms with E-state index >= 15 is 0 Å². The molecule has 2 rings (SSSR count). The molecule has 19 heavy (non-hydrogen) atoms. The Balaban J connectivity index is 1.78. The lowest BCUT2D eigenvalue weighted by Crippen LogP contribution is -2.20. The molecule has 0 aromatic heterocycles. The van der Waals surface area contributed by atoms with Gasteiger partial charge in [-0.25, -0.2) is 0 Å². The summed E-state index contributed by atoms with van der Waals surface area (Å²) in [4.78, 5) is 1.39. The number of benzene rings is 2. The van der Waals surface area contributed by atoms with Gasteiger partial charge in [-0.15, -0.1) is 11.8 Å². The van der Waals surface area contributed by atoms with E-state index in [1.165, 1.54) is 40.7 Å². The molecule has 2 aromatic carbocycles. The zero-order chi connectivity index (χ0) is 13.5. The van der Waals surface area contributed by atoms with E-state index in [0.717, 1.165) is 0 Å². The molecule has 0 saturated carbocycles. The Morgan fingerprint density at radius 2 is 1.84 bits per heavy atom. The lowest BCUT2D eigenvalue weighted by atomic mass is 10.1. The number of nitrogens with one attached hydrogen (secondary N) is 1. The highest BCUT2D eigenvalue weighted by Crippen LogP contribution is 2.24. The van der Waals surface area contributed by atoms with E-state index < -0.39 is 0 Å². The summed E-state index contributed by atoms with van der Waals surface area (Å²) in [5, 5.41) is 5.96. The number of thioether (sulfide) groups is 1. The van der Waals surface area contributed by atoms with E-state index in [1.54, 1.807) is 0 Å². The Labute approximate surface area is 120 Å². The fourth-order valence-corrected chi connectivity index (χ4v) is 3.10. The van der Waals surface area contributed by atoms with E-state index in [-0.39, 0.29) is 0 Å². The van der Waals surface area contributed by atoms with Crippen molar-refractivity contribution in [2.24, 2.45) is 0 Å². The Kier molecular flexibility index (Phi) is 5.74. The van der Waals surface area contributed by atoms with Crippen molar-refractivity contribution >= 4 is 22.5 Å². The first-order chi connectivity index (χ1) is 9.29. The average molecular weight is 273 g/mol. The second-order valence-corrected chi connectivity index (χ2v) is 6.21. The number of unbranched alkanes of at least 4 members (excludes halogenated alkanes) is 1. The zero-order valence-electron chi connectivity index (χ0n) is 11.9. The first-order valence-corrected chi connectivity index (χ1v) is 8.07. The van der Waals surface area contributed by atoms with E-state index in [1.807, 2.05) is 18.8 Å². The molecule has 0 amide bonds. The van der Waals surface area contributed by atoms with E-state index in [0.29, 0.717) is 6.04 Å². The third kappa shape index (κ3) is 4.55. The predicted molar refractivity (Wildman–Crippen MR) is 87.0 cm³/mol. The van der Waals surface area contributed by atoms with E-state index in [4.69, 9.17) is 0 Å². The molecule has 2 heteroatoms. The highest BCUT2D eigenvalue weighted by atomic mass is 32.2. The number of hydrogen-bond donors (Lipinski definition) is 1. The minimum absolute atomic E-state index is 0.644. The van der Waals surface area contributed by atoms with Crippen molar-refractivity contribution in [1.82, 2.24) is 5.32 Å². The highest BCUT2D eigenvalue weighted by Gasteiger charge is 1.99. The van der Waals surface area contributed by atoms with Gasteiger partial charge in [0.15, 0.2) is 0 Å². The molecule has 0 fully saturated rings. The summed E-state index contributed by atoms with van der Waals surface area (Å²) < 4.78 is 0. The molecule has 1 unspecified atom stereocenters. The van der Waals surface area contributed by atoms with Crippen LogP contribution in [0.25, 0.3) is 10.8 Å². The molecule has 1 atom stereocenters. The van der Waals surface area contributed by atoms with Gasteiger partial charge in [0.1, 0.15) is 0 Å². The second kappa shape index (κ2) is 7.56. The average Bonchev–Trinajstić information content (AvgIpc) is 2.46. The van der Waals surface area contributed by atoms with Crippen LogP contribution in [0.1, 0.15) is 26.2 Å². The summed E-state index contributed by atoms with van der Waals surface area (Å²) in [5.41, 5.74) is 0. The van der Waals surface area contributed by atoms with Gasteiger partial charge in [-0.3, -0.25) is 0 Å². The topological polar surface area (TPSA) is 12.0 Å². The summed E-state index contributed by atoms with van der Waals surface area (Å²) >= 11 is 1.97. The summed E-state index contributed by atoms with van der Waals surface area (Å²) in [6, 6.07) is 16.0. The van der Waals surface area contributed by atoms with Crippen LogP contribution in [0.2, 0.25) is 0 Å². The van der Waals surface area contributed by atoms with Crippen molar-refractivity contribution in [1.29, 1.82) is 0 Å². The molecule has 1 nitrogen and oxygen atoms in total. The quantitative estimate of drug-likeness (QED) is 0.579. The predicted octanol–water partition coefficient (Wildman–Crippen LogP) is 4.71. The lowest BCUT2D eigenvalue weighted by molar-refractivity contribution is 0.539. The summed E-state index contributed by atoms with van der Waals surface area (Å²) in [7, 11) is 2.04. The maximum Gasteiger partial charge on any atom is 0.00783 e. The van der Waals surface area contributed by atoms with Gasteiger partial charge in [0, 0.05) is 10.9 Å². The normalized spacial score (nSPS) is 12.7. The van der Waals surface area contributed by atoms with Gasteiger partial charge in [-0.1, -0.05) is 36.8 Å². The van der Waals surface area contributed by atoms with E-state index in [9.17, 15) is 0 Å². The van der Waals surface area contributed by atoms with Crippen molar-refractivity contribution in [2.75, 3.05) is 12.8 Å². The number of hydrogen-bond acceptors (Lipinski definition) is 2. The fraction of sp³-hybridized carbons (Fsp3) is 0.412. The third-order valence-corrected chi connectivity index (χ3v) is 4.59. The minimum atomic E-state index is 0.644. The fourth-order valence-electron chi connectivity index (χ4n) is 2.14. The third-order valence-electron chi connectivity index (χ3n) is 3.51. The maximum absolute atomic E-state index is 3.29. The molecule has 0 aliphatic rings. The van der Waals surface area contributed by atoms with Crippen LogP contribution in [0.4, 0.5) is 0 Å². The molecule has 0 aliphatic carbocycles. The Bertz CT molecular complexity index is 509. The van der Waals surface area contributed by atoms with Crippen molar-refractivity contribution in [3.8, 4) is 0 Å². The standard InChI is InChI=1S/C17H23NS/c1-14(18-2)7-5-6-12-19-17-11-10-15-8-3-4-9-16(15)13-17/h3-4,8-11,13-14,18H,5-7,12H2,1-2H3. The molecule has 2 aromatic rings. The molecule has 0 saturated heterocycles. The maximum atomic E-state index is 3.29. The number of fused-ring (bicyclic) bond motifs is 1. The molecule has 102 valence electrons. The first-order valence-electron chi connectivity index (χ1n) is 7.08. The Hall–Kier alpha value is -0.990. The Morgan fingerprint density at radius 3 is 2.63 bits per heavy atom. The summed E-state index contributed by atoms with van der Waals surface area (Å²) in [5.74, 6) is 1.22. The van der Waals surface area contributed by atoms with Crippen LogP contribution in [0.3, 0.4) is 0 Å². The zero-order valence-corrected chi connectivity index (χ0v) is 12.7. The molecular weight excluding hydrogens is 250 g/mol.